The Hall–Kier alpha value is -1.89. The summed E-state index contributed by atoms with van der Waals surface area (Å²) in [5, 5.41) is 10.3. The molecule has 1 atom stereocenters. The van der Waals surface area contributed by atoms with Crippen LogP contribution in [0.3, 0.4) is 0 Å². The van der Waals surface area contributed by atoms with Gasteiger partial charge in [0.25, 0.3) is 5.91 Å². The second-order valence-electron chi connectivity index (χ2n) is 20.8. The van der Waals surface area contributed by atoms with E-state index < -0.39 is 70.9 Å². The van der Waals surface area contributed by atoms with Crippen molar-refractivity contribution < 1.29 is 49.8 Å². The summed E-state index contributed by atoms with van der Waals surface area (Å²) in [7, 11) is -10.3. The Labute approximate surface area is 353 Å². The Morgan fingerprint density at radius 3 is 1.93 bits per heavy atom. The predicted octanol–water partition coefficient (Wildman–Crippen LogP) is 7.42. The number of anilines is 1. The molecule has 20 heteroatoms. The smallest absolute Gasteiger partial charge is 0.415 e. The molecule has 2 aliphatic heterocycles. The molecule has 4 rings (SSSR count). The Bertz CT molecular complexity index is 1880. The monoisotopic (exact) mass is 909 g/mol. The molecule has 4 heterocycles. The number of ether oxygens (including phenoxy) is 2. The molecule has 2 aliphatic rings. The number of alkyl halides is 3. The Kier molecular flexibility index (Phi) is 14.6. The first kappa shape index (κ1) is 49.8. The van der Waals surface area contributed by atoms with Crippen LogP contribution < -0.4 is 4.90 Å². The minimum Gasteiger partial charge on any atom is -0.415 e. The molecular weight excluding hydrogens is 840 g/mol. The van der Waals surface area contributed by atoms with Crippen LogP contribution in [0.2, 0.25) is 61.9 Å². The lowest BCUT2D eigenvalue weighted by Gasteiger charge is -2.45. The van der Waals surface area contributed by atoms with Crippen LogP contribution in [0.4, 0.5) is 18.9 Å². The van der Waals surface area contributed by atoms with Crippen molar-refractivity contribution in [3.63, 3.8) is 0 Å². The number of aliphatic hydroxyl groups is 1. The Morgan fingerprint density at radius 1 is 0.949 bits per heavy atom. The van der Waals surface area contributed by atoms with Crippen LogP contribution in [0.25, 0.3) is 5.52 Å². The largest absolute Gasteiger partial charge is 0.419 e. The first-order valence-corrected chi connectivity index (χ1v) is 31.4. The molecule has 1 amide bonds. The maximum atomic E-state index is 15.0. The summed E-state index contributed by atoms with van der Waals surface area (Å²) in [6, 6.07) is 2.39. The van der Waals surface area contributed by atoms with Gasteiger partial charge in [-0.3, -0.25) is 9.20 Å². The molecule has 2 saturated heterocycles. The first-order chi connectivity index (χ1) is 26.7. The Balaban J connectivity index is 1.88. The fourth-order valence-electron chi connectivity index (χ4n) is 6.26. The fourth-order valence-corrected chi connectivity index (χ4v) is 10.7. The molecule has 2 aromatic rings. The number of carbonyl (C=O) groups excluding carboxylic acids is 1. The lowest BCUT2D eigenvalue weighted by molar-refractivity contribution is -0.253. The highest BCUT2D eigenvalue weighted by atomic mass is 32.2. The number of hydrogen-bond donors (Lipinski definition) is 1. The number of halogens is 3. The molecule has 0 bridgehead atoms. The summed E-state index contributed by atoms with van der Waals surface area (Å²) in [5.74, 6) is -1.15. The molecule has 338 valence electrons. The van der Waals surface area contributed by atoms with Crippen molar-refractivity contribution in [3.8, 4) is 0 Å². The minimum atomic E-state index is -4.95. The van der Waals surface area contributed by atoms with Gasteiger partial charge >= 0.3 is 6.18 Å². The number of sulfonamides is 1. The third kappa shape index (κ3) is 11.2. The van der Waals surface area contributed by atoms with E-state index in [2.05, 4.69) is 92.4 Å². The summed E-state index contributed by atoms with van der Waals surface area (Å²) in [5.41, 5.74) is -3.20. The SMILES string of the molecule is CC1(N(COCC[Si](C)(C)C)S(=O)(=O)c2cc(N(CCO[Si](C)(C)C(C)(C)C)CCO[Si](C)(C)C(C)(C)C)c3cnc(C(=O)N4CCC(O)(C(F)(F)F)C4)n3c2)COC1. The number of rotatable bonds is 18. The zero-order valence-electron chi connectivity index (χ0n) is 37.8. The number of likely N-dealkylation sites (tertiary alicyclic amines) is 1. The second kappa shape index (κ2) is 17.3. The van der Waals surface area contributed by atoms with E-state index in [0.29, 0.717) is 44.1 Å². The molecule has 0 saturated carbocycles. The van der Waals surface area contributed by atoms with Gasteiger partial charge in [-0.05, 0) is 55.3 Å². The van der Waals surface area contributed by atoms with Crippen LogP contribution in [0, 0.1) is 0 Å². The molecule has 1 N–H and O–H groups in total. The number of imidazole rings is 1. The molecule has 0 aliphatic carbocycles. The van der Waals surface area contributed by atoms with E-state index in [1.807, 2.05) is 4.90 Å². The third-order valence-electron chi connectivity index (χ3n) is 12.7. The molecule has 59 heavy (non-hydrogen) atoms. The highest BCUT2D eigenvalue weighted by Gasteiger charge is 2.58. The second-order valence-corrected chi connectivity index (χ2v) is 37.9. The molecular formula is C39H70F3N5O8SSi3. The van der Waals surface area contributed by atoms with Crippen LogP contribution in [-0.2, 0) is 28.3 Å². The minimum absolute atomic E-state index is 0.0684. The normalized spacial score (nSPS) is 19.8. The van der Waals surface area contributed by atoms with Crippen molar-refractivity contribution in [2.45, 2.75) is 139 Å². The maximum Gasteiger partial charge on any atom is 0.419 e. The van der Waals surface area contributed by atoms with Gasteiger partial charge in [-0.25, -0.2) is 13.4 Å². The van der Waals surface area contributed by atoms with Crippen LogP contribution >= 0.6 is 0 Å². The van der Waals surface area contributed by atoms with Gasteiger partial charge in [-0.1, -0.05) is 61.2 Å². The van der Waals surface area contributed by atoms with Crippen LogP contribution in [0.15, 0.2) is 23.4 Å². The Morgan fingerprint density at radius 2 is 1.49 bits per heavy atom. The summed E-state index contributed by atoms with van der Waals surface area (Å²) >= 11 is 0. The van der Waals surface area contributed by atoms with Gasteiger partial charge in [0.15, 0.2) is 22.2 Å². The zero-order chi connectivity index (χ0) is 44.8. The van der Waals surface area contributed by atoms with Gasteiger partial charge in [-0.15, -0.1) is 0 Å². The van der Waals surface area contributed by atoms with E-state index >= 15 is 8.42 Å². The van der Waals surface area contributed by atoms with Crippen LogP contribution in [-0.4, -0.2) is 146 Å². The van der Waals surface area contributed by atoms with Gasteiger partial charge in [0.05, 0.1) is 55.9 Å². The van der Waals surface area contributed by atoms with E-state index in [4.69, 9.17) is 18.3 Å². The summed E-state index contributed by atoms with van der Waals surface area (Å²) in [4.78, 5) is 21.2. The number of pyridine rings is 1. The number of aromatic nitrogens is 2. The highest BCUT2D eigenvalue weighted by molar-refractivity contribution is 7.89. The topological polar surface area (TPSA) is 135 Å². The van der Waals surface area contributed by atoms with Gasteiger partial charge < -0.3 is 33.2 Å². The summed E-state index contributed by atoms with van der Waals surface area (Å²) in [6.45, 7) is 30.3. The number of fused-ring (bicyclic) bond motifs is 1. The molecule has 0 aromatic carbocycles. The quantitative estimate of drug-likeness (QED) is 0.0916. The van der Waals surface area contributed by atoms with Crippen LogP contribution in [0.1, 0.15) is 65.5 Å². The van der Waals surface area contributed by atoms with Crippen molar-refractivity contribution >= 4 is 51.8 Å². The number of nitrogens with zero attached hydrogens (tertiary/aromatic N) is 5. The van der Waals surface area contributed by atoms with Crippen molar-refractivity contribution in [2.24, 2.45) is 0 Å². The van der Waals surface area contributed by atoms with Gasteiger partial charge in [0.2, 0.25) is 15.8 Å². The van der Waals surface area contributed by atoms with E-state index in [0.717, 1.165) is 10.9 Å². The standard InChI is InChI=1S/C39H70F3N5O8SSi3/c1-35(2,3)58(11,12)54-19-17-44(18-20-55-59(13,14)36(4,5)6)31-23-30(56(50,51)47(37(7)27-53-28-37)29-52-21-22-57(8,9)10)25-46-32(31)24-43-33(46)34(48)45-16-15-38(49,26-45)39(40,41)42/h23-25,49H,15-22,26-29H2,1-14H3. The zero-order valence-corrected chi connectivity index (χ0v) is 41.6. The molecule has 0 radical (unpaired) electrons. The van der Waals surface area contributed by atoms with Gasteiger partial charge in [-0.2, -0.15) is 17.5 Å². The maximum absolute atomic E-state index is 15.0. The van der Waals surface area contributed by atoms with E-state index in [-0.39, 0.29) is 47.3 Å². The van der Waals surface area contributed by atoms with Gasteiger partial charge in [0, 0.05) is 46.9 Å². The lowest BCUT2D eigenvalue weighted by Crippen LogP contribution is -2.62. The van der Waals surface area contributed by atoms with Crippen molar-refractivity contribution in [1.29, 1.82) is 0 Å². The van der Waals surface area contributed by atoms with Crippen molar-refractivity contribution in [2.75, 3.05) is 70.8 Å². The number of carbonyl (C=O) groups is 1. The number of β-amino-alcohol motifs (C(OH)–C–C–N with tert-alkyl or cyclic N) is 1. The van der Waals surface area contributed by atoms with Gasteiger partial charge in [0.1, 0.15) is 11.6 Å². The molecule has 2 fully saturated rings. The molecule has 1 unspecified atom stereocenters. The molecule has 13 nitrogen and oxygen atoms in total. The highest BCUT2D eigenvalue weighted by Crippen LogP contribution is 2.40. The average molecular weight is 910 g/mol. The van der Waals surface area contributed by atoms with Crippen molar-refractivity contribution in [3.05, 3.63) is 24.3 Å². The van der Waals surface area contributed by atoms with E-state index in [9.17, 15) is 23.1 Å². The number of hydrogen-bond acceptors (Lipinski definition) is 10. The summed E-state index contributed by atoms with van der Waals surface area (Å²) < 4.78 is 99.0. The number of amides is 1. The third-order valence-corrected chi connectivity index (χ3v) is 25.4. The van der Waals surface area contributed by atoms with E-state index in [1.165, 1.54) is 21.1 Å². The molecule has 2 aromatic heterocycles. The predicted molar refractivity (Wildman–Crippen MR) is 232 cm³/mol. The molecule has 0 spiro atoms. The van der Waals surface area contributed by atoms with Crippen molar-refractivity contribution in [1.82, 2.24) is 18.6 Å². The lowest BCUT2D eigenvalue weighted by atomic mass is 10.0. The van der Waals surface area contributed by atoms with E-state index in [1.54, 1.807) is 13.0 Å². The van der Waals surface area contributed by atoms with Crippen LogP contribution in [0.5, 0.6) is 0 Å². The average Bonchev–Trinajstić information content (AvgIpc) is 3.69. The fraction of sp³-hybridized carbons (Fsp3) is 0.795. The summed E-state index contributed by atoms with van der Waals surface area (Å²) in [6.07, 6.45) is -2.92. The first-order valence-electron chi connectivity index (χ1n) is 20.5.